The minimum Gasteiger partial charge on any atom is -0.320 e. The Labute approximate surface area is 179 Å². The molecule has 0 atom stereocenters. The largest absolute Gasteiger partial charge is 0.320 e. The van der Waals surface area contributed by atoms with Gasteiger partial charge in [-0.15, -0.1) is 0 Å². The highest BCUT2D eigenvalue weighted by Crippen LogP contribution is 2.25. The lowest BCUT2D eigenvalue weighted by Gasteiger charge is -2.13. The maximum atomic E-state index is 12.9. The molecule has 2 heterocycles. The first-order chi connectivity index (χ1) is 15.0. The van der Waals surface area contributed by atoms with E-state index >= 15 is 0 Å². The lowest BCUT2D eigenvalue weighted by Crippen LogP contribution is -2.17. The molecule has 9 heteroatoms. The van der Waals surface area contributed by atoms with Crippen LogP contribution in [0, 0.1) is 6.92 Å². The van der Waals surface area contributed by atoms with Gasteiger partial charge in [0.15, 0.2) is 5.82 Å². The number of hydrogen-bond acceptors (Lipinski definition) is 5. The second-order valence-corrected chi connectivity index (χ2v) is 8.34. The maximum Gasteiger partial charge on any atom is 0.261 e. The van der Waals surface area contributed by atoms with Gasteiger partial charge in [0.1, 0.15) is 0 Å². The smallest absolute Gasteiger partial charge is 0.261 e. The molecule has 0 saturated carbocycles. The van der Waals surface area contributed by atoms with Gasteiger partial charge in [0, 0.05) is 6.20 Å². The van der Waals surface area contributed by atoms with Crippen LogP contribution in [0.1, 0.15) is 16.1 Å². The van der Waals surface area contributed by atoms with Crippen molar-refractivity contribution in [2.24, 2.45) is 0 Å². The highest BCUT2D eigenvalue weighted by atomic mass is 32.2. The summed E-state index contributed by atoms with van der Waals surface area (Å²) in [6.45, 7) is 1.76. The van der Waals surface area contributed by atoms with Crippen LogP contribution in [0.2, 0.25) is 0 Å². The minimum atomic E-state index is -3.80. The molecule has 0 spiro atoms. The standard InChI is InChI=1S/C22H19N5O3S/c1-16-18(15-24-27(16)21-13-7-8-14-23-21)22(28)25-19-11-5-6-12-20(19)26-31(29,30)17-9-3-2-4-10-17/h2-15,26H,1H3,(H,25,28). The number of aromatic nitrogens is 3. The molecule has 2 aromatic carbocycles. The van der Waals surface area contributed by atoms with E-state index < -0.39 is 15.9 Å². The zero-order valence-corrected chi connectivity index (χ0v) is 17.4. The second-order valence-electron chi connectivity index (χ2n) is 6.66. The molecule has 0 bridgehead atoms. The fourth-order valence-corrected chi connectivity index (χ4v) is 4.12. The molecular weight excluding hydrogens is 414 g/mol. The third kappa shape index (κ3) is 4.31. The predicted molar refractivity (Wildman–Crippen MR) is 118 cm³/mol. The van der Waals surface area contributed by atoms with Crippen molar-refractivity contribution in [1.29, 1.82) is 0 Å². The van der Waals surface area contributed by atoms with Crippen LogP contribution in [0.15, 0.2) is 90.1 Å². The van der Waals surface area contributed by atoms with Crippen LogP contribution in [0.25, 0.3) is 5.82 Å². The average molecular weight is 433 g/mol. The van der Waals surface area contributed by atoms with Crippen LogP contribution in [-0.2, 0) is 10.0 Å². The first-order valence-corrected chi connectivity index (χ1v) is 10.9. The van der Waals surface area contributed by atoms with Crippen molar-refractivity contribution in [2.45, 2.75) is 11.8 Å². The fraction of sp³-hybridized carbons (Fsp3) is 0.0455. The first-order valence-electron chi connectivity index (χ1n) is 9.40. The van der Waals surface area contributed by atoms with Crippen molar-refractivity contribution in [3.05, 3.63) is 96.4 Å². The molecule has 2 aromatic heterocycles. The number of para-hydroxylation sites is 2. The Morgan fingerprint density at radius 1 is 0.903 bits per heavy atom. The van der Waals surface area contributed by atoms with Gasteiger partial charge in [-0.25, -0.2) is 18.1 Å². The molecule has 4 aromatic rings. The highest BCUT2D eigenvalue weighted by molar-refractivity contribution is 7.92. The summed E-state index contributed by atoms with van der Waals surface area (Å²) in [7, 11) is -3.80. The molecule has 0 aliphatic heterocycles. The number of amides is 1. The summed E-state index contributed by atoms with van der Waals surface area (Å²) in [4.78, 5) is 17.3. The first kappa shape index (κ1) is 20.3. The minimum absolute atomic E-state index is 0.128. The Morgan fingerprint density at radius 3 is 2.29 bits per heavy atom. The number of pyridine rings is 1. The van der Waals surface area contributed by atoms with Crippen molar-refractivity contribution in [3.63, 3.8) is 0 Å². The van der Waals surface area contributed by atoms with Gasteiger partial charge < -0.3 is 5.32 Å². The third-order valence-corrected chi connectivity index (χ3v) is 5.98. The van der Waals surface area contributed by atoms with E-state index in [2.05, 4.69) is 20.1 Å². The summed E-state index contributed by atoms with van der Waals surface area (Å²) in [5.41, 5.74) is 1.55. The number of anilines is 2. The number of hydrogen-bond donors (Lipinski definition) is 2. The Balaban J connectivity index is 1.59. The van der Waals surface area contributed by atoms with Crippen LogP contribution >= 0.6 is 0 Å². The molecule has 2 N–H and O–H groups in total. The van der Waals surface area contributed by atoms with E-state index in [4.69, 9.17) is 0 Å². The van der Waals surface area contributed by atoms with E-state index in [0.29, 0.717) is 22.8 Å². The summed E-state index contributed by atoms with van der Waals surface area (Å²) >= 11 is 0. The van der Waals surface area contributed by atoms with Crippen molar-refractivity contribution in [2.75, 3.05) is 10.0 Å². The van der Waals surface area contributed by atoms with Crippen LogP contribution < -0.4 is 10.0 Å². The van der Waals surface area contributed by atoms with Crippen molar-refractivity contribution >= 4 is 27.3 Å². The second kappa shape index (κ2) is 8.41. The molecule has 1 amide bonds. The molecule has 4 rings (SSSR count). The van der Waals surface area contributed by atoms with Gasteiger partial charge in [-0.2, -0.15) is 5.10 Å². The summed E-state index contributed by atoms with van der Waals surface area (Å²) in [6.07, 6.45) is 3.10. The number of carbonyl (C=O) groups is 1. The number of benzene rings is 2. The van der Waals surface area contributed by atoms with E-state index in [1.54, 1.807) is 72.4 Å². The van der Waals surface area contributed by atoms with Gasteiger partial charge in [-0.05, 0) is 43.3 Å². The number of nitrogens with zero attached hydrogens (tertiary/aromatic N) is 3. The van der Waals surface area contributed by atoms with Gasteiger partial charge in [-0.3, -0.25) is 9.52 Å². The Morgan fingerprint density at radius 2 is 1.58 bits per heavy atom. The normalized spacial score (nSPS) is 11.1. The molecule has 0 aliphatic carbocycles. The lowest BCUT2D eigenvalue weighted by molar-refractivity contribution is 0.102. The van der Waals surface area contributed by atoms with Crippen molar-refractivity contribution in [3.8, 4) is 5.82 Å². The zero-order chi connectivity index (χ0) is 21.8. The molecule has 31 heavy (non-hydrogen) atoms. The summed E-state index contributed by atoms with van der Waals surface area (Å²) in [6, 6.07) is 20.0. The Kier molecular flexibility index (Phi) is 5.50. The molecule has 0 radical (unpaired) electrons. The quantitative estimate of drug-likeness (QED) is 0.483. The average Bonchev–Trinajstić information content (AvgIpc) is 3.17. The van der Waals surface area contributed by atoms with Gasteiger partial charge in [0.25, 0.3) is 15.9 Å². The molecule has 0 fully saturated rings. The van der Waals surface area contributed by atoms with Crippen LogP contribution in [-0.4, -0.2) is 29.1 Å². The number of sulfonamides is 1. The summed E-state index contributed by atoms with van der Waals surface area (Å²) < 4.78 is 29.5. The van der Waals surface area contributed by atoms with Crippen molar-refractivity contribution < 1.29 is 13.2 Å². The zero-order valence-electron chi connectivity index (χ0n) is 16.6. The highest BCUT2D eigenvalue weighted by Gasteiger charge is 2.19. The van der Waals surface area contributed by atoms with Crippen LogP contribution in [0.4, 0.5) is 11.4 Å². The van der Waals surface area contributed by atoms with Gasteiger partial charge >= 0.3 is 0 Å². The monoisotopic (exact) mass is 433 g/mol. The SMILES string of the molecule is Cc1c(C(=O)Nc2ccccc2NS(=O)(=O)c2ccccc2)cnn1-c1ccccn1. The van der Waals surface area contributed by atoms with E-state index in [0.717, 1.165) is 0 Å². The Bertz CT molecular complexity index is 1320. The molecule has 156 valence electrons. The number of rotatable bonds is 6. The van der Waals surface area contributed by atoms with E-state index in [1.807, 2.05) is 6.07 Å². The summed E-state index contributed by atoms with van der Waals surface area (Å²) in [5, 5.41) is 7.02. The lowest BCUT2D eigenvalue weighted by atomic mass is 10.2. The van der Waals surface area contributed by atoms with Gasteiger partial charge in [0.2, 0.25) is 0 Å². The topological polar surface area (TPSA) is 106 Å². The third-order valence-electron chi connectivity index (χ3n) is 4.59. The van der Waals surface area contributed by atoms with Gasteiger partial charge in [-0.1, -0.05) is 36.4 Å². The van der Waals surface area contributed by atoms with Gasteiger partial charge in [0.05, 0.1) is 33.7 Å². The van der Waals surface area contributed by atoms with Crippen LogP contribution in [0.3, 0.4) is 0 Å². The van der Waals surface area contributed by atoms with E-state index in [9.17, 15) is 13.2 Å². The van der Waals surface area contributed by atoms with E-state index in [-0.39, 0.29) is 10.6 Å². The molecule has 8 nitrogen and oxygen atoms in total. The van der Waals surface area contributed by atoms with Crippen molar-refractivity contribution in [1.82, 2.24) is 14.8 Å². The predicted octanol–water partition coefficient (Wildman–Crippen LogP) is 3.63. The summed E-state index contributed by atoms with van der Waals surface area (Å²) in [5.74, 6) is 0.182. The van der Waals surface area contributed by atoms with E-state index in [1.165, 1.54) is 18.3 Å². The number of carbonyl (C=O) groups excluding carboxylic acids is 1. The molecule has 0 saturated heterocycles. The maximum absolute atomic E-state index is 12.9. The molecule has 0 unspecified atom stereocenters. The molecule has 0 aliphatic rings. The molecular formula is C22H19N5O3S. The Hall–Kier alpha value is -3.98. The number of nitrogens with one attached hydrogen (secondary N) is 2. The fourth-order valence-electron chi connectivity index (χ4n) is 3.02. The van der Waals surface area contributed by atoms with Crippen LogP contribution in [0.5, 0.6) is 0 Å².